The average Bonchev–Trinajstić information content (AvgIpc) is 2.80. The standard InChI is InChI=1S/C21H17BrFN5O5/c1-32-18-9-13(11-25-27-21-17(28(30)31)3-2-8-24-21)16(22)10-19(18)33-12-20(29)26-15-6-4-14(23)5-7-15/h2-11H,12H2,1H3,(H,24,27)(H,26,29)/b25-11-. The monoisotopic (exact) mass is 517 g/mol. The third-order valence-electron chi connectivity index (χ3n) is 4.13. The Labute approximate surface area is 195 Å². The lowest BCUT2D eigenvalue weighted by molar-refractivity contribution is -0.384. The maximum Gasteiger partial charge on any atom is 0.313 e. The van der Waals surface area contributed by atoms with Gasteiger partial charge in [-0.3, -0.25) is 20.3 Å². The molecule has 0 saturated carbocycles. The molecule has 0 unspecified atom stereocenters. The number of methoxy groups -OCH3 is 1. The molecule has 0 bridgehead atoms. The maximum atomic E-state index is 13.0. The maximum absolute atomic E-state index is 13.0. The number of pyridine rings is 1. The Hall–Kier alpha value is -4.06. The van der Waals surface area contributed by atoms with Gasteiger partial charge in [0.15, 0.2) is 18.1 Å². The minimum Gasteiger partial charge on any atom is -0.493 e. The van der Waals surface area contributed by atoms with Crippen LogP contribution in [-0.2, 0) is 4.79 Å². The van der Waals surface area contributed by atoms with Crippen molar-refractivity contribution in [3.05, 3.63) is 80.7 Å². The first-order chi connectivity index (χ1) is 15.9. The SMILES string of the molecule is COc1cc(/C=N\Nc2ncccc2[N+](=O)[O-])c(Br)cc1OCC(=O)Nc1ccc(F)cc1. The largest absolute Gasteiger partial charge is 0.493 e. The second kappa shape index (κ2) is 11.0. The molecule has 12 heteroatoms. The topological polar surface area (TPSA) is 128 Å². The summed E-state index contributed by atoms with van der Waals surface area (Å²) in [7, 11) is 1.44. The number of carbonyl (C=O) groups is 1. The number of benzene rings is 2. The Morgan fingerprint density at radius 3 is 2.73 bits per heavy atom. The number of nitrogens with one attached hydrogen (secondary N) is 2. The van der Waals surface area contributed by atoms with Crippen LogP contribution in [0.3, 0.4) is 0 Å². The summed E-state index contributed by atoms with van der Waals surface area (Å²) in [6, 6.07) is 11.3. The third-order valence-corrected chi connectivity index (χ3v) is 4.81. The van der Waals surface area contributed by atoms with Gasteiger partial charge in [0, 0.05) is 28.0 Å². The summed E-state index contributed by atoms with van der Waals surface area (Å²) >= 11 is 3.39. The Morgan fingerprint density at radius 2 is 2.03 bits per heavy atom. The van der Waals surface area contributed by atoms with E-state index >= 15 is 0 Å². The minimum atomic E-state index is -0.567. The second-order valence-electron chi connectivity index (χ2n) is 6.37. The molecule has 0 aliphatic carbocycles. The van der Waals surface area contributed by atoms with Gasteiger partial charge in [-0.2, -0.15) is 5.10 Å². The fourth-order valence-corrected chi connectivity index (χ4v) is 3.01. The molecule has 1 aromatic heterocycles. The minimum absolute atomic E-state index is 0.00559. The van der Waals surface area contributed by atoms with E-state index in [2.05, 4.69) is 36.8 Å². The highest BCUT2D eigenvalue weighted by molar-refractivity contribution is 9.10. The van der Waals surface area contributed by atoms with Crippen molar-refractivity contribution >= 4 is 45.2 Å². The van der Waals surface area contributed by atoms with Crippen LogP contribution >= 0.6 is 15.9 Å². The summed E-state index contributed by atoms with van der Waals surface area (Å²) < 4.78 is 24.4. The lowest BCUT2D eigenvalue weighted by Crippen LogP contribution is -2.20. The van der Waals surface area contributed by atoms with Crippen molar-refractivity contribution in [3.63, 3.8) is 0 Å². The molecule has 1 amide bonds. The van der Waals surface area contributed by atoms with Gasteiger partial charge >= 0.3 is 5.69 Å². The van der Waals surface area contributed by atoms with Crippen LogP contribution in [0.15, 0.2) is 64.3 Å². The van der Waals surface area contributed by atoms with Crippen LogP contribution in [0.4, 0.5) is 21.6 Å². The molecule has 10 nitrogen and oxygen atoms in total. The van der Waals surface area contributed by atoms with Crippen molar-refractivity contribution in [1.82, 2.24) is 4.98 Å². The van der Waals surface area contributed by atoms with E-state index in [0.717, 1.165) is 0 Å². The Kier molecular flexibility index (Phi) is 7.86. The fourth-order valence-electron chi connectivity index (χ4n) is 2.59. The Morgan fingerprint density at radius 1 is 1.27 bits per heavy atom. The third kappa shape index (κ3) is 6.46. The average molecular weight is 518 g/mol. The molecule has 0 fully saturated rings. The van der Waals surface area contributed by atoms with E-state index in [9.17, 15) is 19.3 Å². The molecule has 2 N–H and O–H groups in total. The fraction of sp³-hybridized carbons (Fsp3) is 0.0952. The van der Waals surface area contributed by atoms with Gasteiger partial charge in [0.05, 0.1) is 18.2 Å². The number of carbonyl (C=O) groups excluding carboxylic acids is 1. The van der Waals surface area contributed by atoms with Crippen LogP contribution in [-0.4, -0.2) is 35.7 Å². The molecule has 3 rings (SSSR count). The van der Waals surface area contributed by atoms with E-state index in [1.165, 1.54) is 55.9 Å². The van der Waals surface area contributed by atoms with Crippen LogP contribution < -0.4 is 20.2 Å². The van der Waals surface area contributed by atoms with Gasteiger partial charge in [-0.25, -0.2) is 9.37 Å². The van der Waals surface area contributed by atoms with Gasteiger partial charge in [0.25, 0.3) is 5.91 Å². The summed E-state index contributed by atoms with van der Waals surface area (Å²) in [5.41, 5.74) is 3.33. The van der Waals surface area contributed by atoms with Gasteiger partial charge in [-0.15, -0.1) is 0 Å². The summed E-state index contributed by atoms with van der Waals surface area (Å²) in [5.74, 6) is -0.224. The number of amides is 1. The Bertz CT molecular complexity index is 1190. The highest BCUT2D eigenvalue weighted by Crippen LogP contribution is 2.33. The molecule has 0 aliphatic rings. The normalized spacial score (nSPS) is 10.6. The quantitative estimate of drug-likeness (QED) is 0.245. The van der Waals surface area contributed by atoms with Crippen molar-refractivity contribution in [2.45, 2.75) is 0 Å². The van der Waals surface area contributed by atoms with E-state index < -0.39 is 16.6 Å². The predicted molar refractivity (Wildman–Crippen MR) is 123 cm³/mol. The van der Waals surface area contributed by atoms with Crippen LogP contribution in [0.5, 0.6) is 11.5 Å². The first kappa shape index (κ1) is 23.6. The number of hydrogen-bond acceptors (Lipinski definition) is 8. The molecule has 1 heterocycles. The van der Waals surface area contributed by atoms with Crippen molar-refractivity contribution in [2.75, 3.05) is 24.5 Å². The van der Waals surface area contributed by atoms with Crippen molar-refractivity contribution in [3.8, 4) is 11.5 Å². The number of anilines is 2. The van der Waals surface area contributed by atoms with Crippen LogP contribution in [0.2, 0.25) is 0 Å². The summed E-state index contributed by atoms with van der Waals surface area (Å²) in [6.07, 6.45) is 2.82. The smallest absolute Gasteiger partial charge is 0.313 e. The number of ether oxygens (including phenoxy) is 2. The Balaban J connectivity index is 1.66. The molecule has 170 valence electrons. The first-order valence-corrected chi connectivity index (χ1v) is 10.1. The number of hydrogen-bond donors (Lipinski definition) is 2. The van der Waals surface area contributed by atoms with Crippen LogP contribution in [0.1, 0.15) is 5.56 Å². The number of nitrogens with zero attached hydrogens (tertiary/aromatic N) is 3. The van der Waals surface area contributed by atoms with Gasteiger partial charge in [-0.05, 0) is 58.4 Å². The molecule has 0 aliphatic heterocycles. The molecular formula is C21H17BrFN5O5. The van der Waals surface area contributed by atoms with Crippen molar-refractivity contribution in [2.24, 2.45) is 5.10 Å². The van der Waals surface area contributed by atoms with Crippen molar-refractivity contribution in [1.29, 1.82) is 0 Å². The highest BCUT2D eigenvalue weighted by Gasteiger charge is 2.14. The van der Waals surface area contributed by atoms with E-state index in [1.807, 2.05) is 0 Å². The highest BCUT2D eigenvalue weighted by atomic mass is 79.9. The summed E-state index contributed by atoms with van der Waals surface area (Å²) in [4.78, 5) is 26.5. The molecule has 33 heavy (non-hydrogen) atoms. The van der Waals surface area contributed by atoms with Crippen LogP contribution in [0, 0.1) is 15.9 Å². The zero-order valence-corrected chi connectivity index (χ0v) is 18.7. The van der Waals surface area contributed by atoms with Crippen molar-refractivity contribution < 1.29 is 23.6 Å². The number of rotatable bonds is 9. The predicted octanol–water partition coefficient (Wildman–Crippen LogP) is 4.36. The lowest BCUT2D eigenvalue weighted by Gasteiger charge is -2.13. The van der Waals surface area contributed by atoms with E-state index in [4.69, 9.17) is 9.47 Å². The van der Waals surface area contributed by atoms with E-state index in [0.29, 0.717) is 27.2 Å². The zero-order chi connectivity index (χ0) is 23.8. The number of aromatic nitrogens is 1. The first-order valence-electron chi connectivity index (χ1n) is 9.31. The second-order valence-corrected chi connectivity index (χ2v) is 7.22. The van der Waals surface area contributed by atoms with Gasteiger partial charge in [0.2, 0.25) is 5.82 Å². The molecule has 0 radical (unpaired) electrons. The molecular weight excluding hydrogens is 501 g/mol. The van der Waals surface area contributed by atoms with Crippen LogP contribution in [0.25, 0.3) is 0 Å². The summed E-state index contributed by atoms with van der Waals surface area (Å²) in [5, 5.41) is 17.6. The number of nitro groups is 1. The molecule has 0 spiro atoms. The summed E-state index contributed by atoms with van der Waals surface area (Å²) in [6.45, 7) is -0.307. The number of halogens is 2. The molecule has 0 atom stereocenters. The van der Waals surface area contributed by atoms with Gasteiger partial charge in [-0.1, -0.05) is 0 Å². The zero-order valence-electron chi connectivity index (χ0n) is 17.1. The molecule has 3 aromatic rings. The lowest BCUT2D eigenvalue weighted by atomic mass is 10.2. The number of hydrazone groups is 1. The molecule has 0 saturated heterocycles. The molecule has 2 aromatic carbocycles. The van der Waals surface area contributed by atoms with Gasteiger partial charge in [0.1, 0.15) is 5.82 Å². The van der Waals surface area contributed by atoms with E-state index in [-0.39, 0.29) is 18.1 Å². The van der Waals surface area contributed by atoms with E-state index in [1.54, 1.807) is 12.1 Å². The van der Waals surface area contributed by atoms with Gasteiger partial charge < -0.3 is 14.8 Å².